The van der Waals surface area contributed by atoms with E-state index in [1.54, 1.807) is 23.1 Å². The largest absolute Gasteiger partial charge is 0.452 e. The lowest BCUT2D eigenvalue weighted by Crippen LogP contribution is -2.35. The van der Waals surface area contributed by atoms with Gasteiger partial charge in [-0.15, -0.1) is 0 Å². The lowest BCUT2D eigenvalue weighted by atomic mass is 10.2. The molecule has 6 heteroatoms. The van der Waals surface area contributed by atoms with Gasteiger partial charge in [0, 0.05) is 17.6 Å². The average molecular weight is 375 g/mol. The Hall–Kier alpha value is -1.33. The molecule has 1 amide bonds. The first-order valence-corrected chi connectivity index (χ1v) is 7.56. The van der Waals surface area contributed by atoms with Crippen LogP contribution < -0.4 is 0 Å². The summed E-state index contributed by atoms with van der Waals surface area (Å²) in [4.78, 5) is 25.5. The molecule has 21 heavy (non-hydrogen) atoms. The van der Waals surface area contributed by atoms with Crippen molar-refractivity contribution < 1.29 is 14.3 Å². The predicted octanol–water partition coefficient (Wildman–Crippen LogP) is 3.68. The van der Waals surface area contributed by atoms with Crippen LogP contribution in [-0.4, -0.2) is 36.5 Å². The quantitative estimate of drug-likeness (QED) is 0.563. The third-order valence-corrected chi connectivity index (χ3v) is 3.49. The summed E-state index contributed by atoms with van der Waals surface area (Å²) in [7, 11) is 0. The van der Waals surface area contributed by atoms with Crippen molar-refractivity contribution in [2.24, 2.45) is 0 Å². The summed E-state index contributed by atoms with van der Waals surface area (Å²) in [6.07, 6.45) is 0. The Balaban J connectivity index is 2.65. The Kier molecular flexibility index (Phi) is 6.92. The smallest absolute Gasteiger partial charge is 0.340 e. The Labute approximate surface area is 137 Å². The number of likely N-dealkylation sites (N-methyl/N-ethyl adjacent to an activating group) is 1. The zero-order chi connectivity index (χ0) is 16.0. The number of hydrogen-bond acceptors (Lipinski definition) is 3. The number of esters is 1. The van der Waals surface area contributed by atoms with Crippen LogP contribution in [0.3, 0.4) is 0 Å². The molecule has 4 nitrogen and oxygen atoms in total. The standard InChI is InChI=1S/C15H17BrClNO3/c1-4-18(8-10(2)3)14(19)9-21-15(20)12-7-11(16)5-6-13(12)17/h5-7H,2,4,8-9H2,1,3H3. The van der Waals surface area contributed by atoms with Gasteiger partial charge < -0.3 is 9.64 Å². The zero-order valence-corrected chi connectivity index (χ0v) is 14.3. The van der Waals surface area contributed by atoms with Crippen LogP contribution in [0, 0.1) is 0 Å². The Morgan fingerprint density at radius 2 is 2.10 bits per heavy atom. The highest BCUT2D eigenvalue weighted by Gasteiger charge is 2.17. The van der Waals surface area contributed by atoms with Crippen molar-refractivity contribution in [3.63, 3.8) is 0 Å². The number of rotatable bonds is 6. The number of ether oxygens (including phenoxy) is 1. The first kappa shape index (κ1) is 17.7. The molecular formula is C15H17BrClNO3. The Morgan fingerprint density at radius 3 is 2.67 bits per heavy atom. The van der Waals surface area contributed by atoms with Gasteiger partial charge in [0.2, 0.25) is 0 Å². The molecular weight excluding hydrogens is 358 g/mol. The van der Waals surface area contributed by atoms with E-state index in [0.29, 0.717) is 17.6 Å². The summed E-state index contributed by atoms with van der Waals surface area (Å²) in [5, 5.41) is 0.282. The molecule has 1 aromatic rings. The second-order valence-electron chi connectivity index (χ2n) is 4.57. The first-order chi connectivity index (χ1) is 9.85. The van der Waals surface area contributed by atoms with Crippen molar-refractivity contribution in [2.75, 3.05) is 19.7 Å². The fraction of sp³-hybridized carbons (Fsp3) is 0.333. The number of halogens is 2. The molecule has 0 unspecified atom stereocenters. The molecule has 0 bridgehead atoms. The molecule has 0 spiro atoms. The summed E-state index contributed by atoms with van der Waals surface area (Å²) in [6, 6.07) is 4.86. The highest BCUT2D eigenvalue weighted by Crippen LogP contribution is 2.21. The topological polar surface area (TPSA) is 46.6 Å². The van der Waals surface area contributed by atoms with Crippen molar-refractivity contribution in [2.45, 2.75) is 13.8 Å². The van der Waals surface area contributed by atoms with E-state index in [2.05, 4.69) is 22.5 Å². The number of hydrogen-bond donors (Lipinski definition) is 0. The van der Waals surface area contributed by atoms with Gasteiger partial charge in [0.05, 0.1) is 10.6 Å². The molecule has 114 valence electrons. The fourth-order valence-corrected chi connectivity index (χ4v) is 2.21. The number of amides is 1. The van der Waals surface area contributed by atoms with Gasteiger partial charge in [-0.1, -0.05) is 39.7 Å². The van der Waals surface area contributed by atoms with Crippen molar-refractivity contribution in [1.82, 2.24) is 4.90 Å². The Bertz CT molecular complexity index is 560. The number of benzene rings is 1. The van der Waals surface area contributed by atoms with Crippen molar-refractivity contribution in [1.29, 1.82) is 0 Å². The molecule has 0 aliphatic carbocycles. The molecule has 0 aliphatic heterocycles. The molecule has 0 saturated carbocycles. The van der Waals surface area contributed by atoms with E-state index in [-0.39, 0.29) is 23.1 Å². The van der Waals surface area contributed by atoms with Gasteiger partial charge in [0.25, 0.3) is 5.91 Å². The van der Waals surface area contributed by atoms with E-state index >= 15 is 0 Å². The van der Waals surface area contributed by atoms with Crippen LogP contribution in [0.15, 0.2) is 34.8 Å². The Morgan fingerprint density at radius 1 is 1.43 bits per heavy atom. The zero-order valence-electron chi connectivity index (χ0n) is 12.0. The van der Waals surface area contributed by atoms with E-state index in [4.69, 9.17) is 16.3 Å². The van der Waals surface area contributed by atoms with Gasteiger partial charge in [-0.25, -0.2) is 4.79 Å². The maximum absolute atomic E-state index is 12.0. The minimum atomic E-state index is -0.624. The van der Waals surface area contributed by atoms with Crippen molar-refractivity contribution in [3.05, 3.63) is 45.4 Å². The average Bonchev–Trinajstić information content (AvgIpc) is 2.44. The summed E-state index contributed by atoms with van der Waals surface area (Å²) >= 11 is 9.19. The van der Waals surface area contributed by atoms with Gasteiger partial charge >= 0.3 is 5.97 Å². The van der Waals surface area contributed by atoms with Crippen molar-refractivity contribution >= 4 is 39.4 Å². The summed E-state index contributed by atoms with van der Waals surface area (Å²) in [5.74, 6) is -0.888. The number of carbonyl (C=O) groups excluding carboxylic acids is 2. The van der Waals surface area contributed by atoms with Gasteiger partial charge in [-0.05, 0) is 32.0 Å². The fourth-order valence-electron chi connectivity index (χ4n) is 1.65. The molecule has 0 aromatic heterocycles. The van der Waals surface area contributed by atoms with Crippen LogP contribution in [0.1, 0.15) is 24.2 Å². The first-order valence-electron chi connectivity index (χ1n) is 6.39. The van der Waals surface area contributed by atoms with Gasteiger partial charge in [0.15, 0.2) is 6.61 Å². The predicted molar refractivity (Wildman–Crippen MR) is 86.5 cm³/mol. The minimum absolute atomic E-state index is 0.224. The molecule has 1 aromatic carbocycles. The van der Waals surface area contributed by atoms with E-state index < -0.39 is 5.97 Å². The lowest BCUT2D eigenvalue weighted by Gasteiger charge is -2.20. The monoisotopic (exact) mass is 373 g/mol. The number of nitrogens with zero attached hydrogens (tertiary/aromatic N) is 1. The molecule has 0 aliphatic rings. The lowest BCUT2D eigenvalue weighted by molar-refractivity contribution is -0.133. The minimum Gasteiger partial charge on any atom is -0.452 e. The van der Waals surface area contributed by atoms with Crippen LogP contribution >= 0.6 is 27.5 Å². The van der Waals surface area contributed by atoms with E-state index in [9.17, 15) is 9.59 Å². The van der Waals surface area contributed by atoms with Crippen molar-refractivity contribution in [3.8, 4) is 0 Å². The molecule has 0 N–H and O–H groups in total. The van der Waals surface area contributed by atoms with E-state index in [1.165, 1.54) is 0 Å². The second-order valence-corrected chi connectivity index (χ2v) is 5.89. The van der Waals surface area contributed by atoms with Gasteiger partial charge in [0.1, 0.15) is 0 Å². The maximum atomic E-state index is 12.0. The molecule has 0 radical (unpaired) electrons. The second kappa shape index (κ2) is 8.20. The van der Waals surface area contributed by atoms with Crippen LogP contribution in [0.4, 0.5) is 0 Å². The summed E-state index contributed by atoms with van der Waals surface area (Å²) < 4.78 is 5.74. The van der Waals surface area contributed by atoms with E-state index in [1.807, 2.05) is 13.8 Å². The maximum Gasteiger partial charge on any atom is 0.340 e. The van der Waals surface area contributed by atoms with Crippen LogP contribution in [-0.2, 0) is 9.53 Å². The summed E-state index contributed by atoms with van der Waals surface area (Å²) in [5.41, 5.74) is 1.09. The molecule has 0 atom stereocenters. The normalized spacial score (nSPS) is 10.1. The third-order valence-electron chi connectivity index (χ3n) is 2.67. The third kappa shape index (κ3) is 5.52. The highest BCUT2D eigenvalue weighted by molar-refractivity contribution is 9.10. The highest BCUT2D eigenvalue weighted by atomic mass is 79.9. The summed E-state index contributed by atoms with van der Waals surface area (Å²) in [6.45, 7) is 8.12. The van der Waals surface area contributed by atoms with Crippen LogP contribution in [0.5, 0.6) is 0 Å². The molecule has 1 rings (SSSR count). The van der Waals surface area contributed by atoms with Crippen LogP contribution in [0.25, 0.3) is 0 Å². The molecule has 0 fully saturated rings. The SMILES string of the molecule is C=C(C)CN(CC)C(=O)COC(=O)c1cc(Br)ccc1Cl. The van der Waals surface area contributed by atoms with Gasteiger partial charge in [-0.3, -0.25) is 4.79 Å². The van der Waals surface area contributed by atoms with Gasteiger partial charge in [-0.2, -0.15) is 0 Å². The number of carbonyl (C=O) groups is 2. The van der Waals surface area contributed by atoms with Crippen LogP contribution in [0.2, 0.25) is 5.02 Å². The molecule has 0 saturated heterocycles. The molecule has 0 heterocycles. The van der Waals surface area contributed by atoms with E-state index in [0.717, 1.165) is 5.57 Å².